The van der Waals surface area contributed by atoms with Crippen molar-refractivity contribution in [1.29, 1.82) is 0 Å². The first-order chi connectivity index (χ1) is 6.38. The number of nitrogens with zero attached hydrogens (tertiary/aromatic N) is 1. The minimum atomic E-state index is 0. The number of hydrogen-bond acceptors (Lipinski definition) is 3. The molecule has 0 radical (unpaired) electrons. The van der Waals surface area contributed by atoms with Crippen molar-refractivity contribution in [2.24, 2.45) is 5.92 Å². The van der Waals surface area contributed by atoms with E-state index in [1.807, 2.05) is 0 Å². The number of ether oxygens (including phenoxy) is 1. The van der Waals surface area contributed by atoms with E-state index in [0.717, 1.165) is 38.3 Å². The second kappa shape index (κ2) is 7.69. The summed E-state index contributed by atoms with van der Waals surface area (Å²) < 4.78 is 5.36. The van der Waals surface area contributed by atoms with Crippen LogP contribution in [0.15, 0.2) is 0 Å². The Balaban J connectivity index is 0.000000980. The Kier molecular flexibility index (Phi) is 7.92. The van der Waals surface area contributed by atoms with Gasteiger partial charge < -0.3 is 10.1 Å². The minimum absolute atomic E-state index is 0. The van der Waals surface area contributed by atoms with Crippen LogP contribution in [0.2, 0.25) is 0 Å². The van der Waals surface area contributed by atoms with Crippen LogP contribution >= 0.6 is 24.8 Å². The van der Waals surface area contributed by atoms with Crippen molar-refractivity contribution in [2.75, 3.05) is 39.4 Å². The summed E-state index contributed by atoms with van der Waals surface area (Å²) >= 11 is 0. The number of nitrogens with one attached hydrogen (secondary N) is 1. The van der Waals surface area contributed by atoms with E-state index in [9.17, 15) is 0 Å². The van der Waals surface area contributed by atoms with Gasteiger partial charge in [0.25, 0.3) is 0 Å². The van der Waals surface area contributed by atoms with Crippen LogP contribution in [0.25, 0.3) is 0 Å². The van der Waals surface area contributed by atoms with Crippen LogP contribution in [-0.4, -0.2) is 50.3 Å². The summed E-state index contributed by atoms with van der Waals surface area (Å²) in [6, 6.07) is 0.735. The Bertz CT molecular complexity index is 160. The third-order valence-electron chi connectivity index (χ3n) is 3.40. The number of hydrogen-bond donors (Lipinski definition) is 1. The Hall–Kier alpha value is 0.460. The molecule has 0 spiro atoms. The van der Waals surface area contributed by atoms with Crippen molar-refractivity contribution < 1.29 is 4.74 Å². The summed E-state index contributed by atoms with van der Waals surface area (Å²) in [6.07, 6.45) is 1.35. The van der Waals surface area contributed by atoms with Gasteiger partial charge >= 0.3 is 0 Å². The van der Waals surface area contributed by atoms with E-state index in [2.05, 4.69) is 17.1 Å². The lowest BCUT2D eigenvalue weighted by Crippen LogP contribution is -2.45. The van der Waals surface area contributed by atoms with Crippen molar-refractivity contribution in [2.45, 2.75) is 19.4 Å². The largest absolute Gasteiger partial charge is 0.379 e. The lowest BCUT2D eigenvalue weighted by atomic mass is 9.99. The van der Waals surface area contributed by atoms with E-state index in [-0.39, 0.29) is 24.8 Å². The summed E-state index contributed by atoms with van der Waals surface area (Å²) in [7, 11) is 0. The molecular formula is C10H22Cl2N2O. The highest BCUT2D eigenvalue weighted by Crippen LogP contribution is 2.18. The van der Waals surface area contributed by atoms with Crippen LogP contribution in [0, 0.1) is 5.92 Å². The van der Waals surface area contributed by atoms with Crippen molar-refractivity contribution >= 4 is 24.8 Å². The Morgan fingerprint density at radius 1 is 1.27 bits per heavy atom. The second-order valence-corrected chi connectivity index (χ2v) is 4.14. The zero-order valence-electron chi connectivity index (χ0n) is 9.28. The molecule has 0 amide bonds. The van der Waals surface area contributed by atoms with E-state index < -0.39 is 0 Å². The standard InChI is InChI=1S/C10H20N2O.2ClH/c1-9(10-2-3-11-8-10)12-4-6-13-7-5-12;;/h9-11H,2-8H2,1H3;2*1H. The van der Waals surface area contributed by atoms with Gasteiger partial charge in [0, 0.05) is 19.1 Å². The predicted molar refractivity (Wildman–Crippen MR) is 67.3 cm³/mol. The highest BCUT2D eigenvalue weighted by Gasteiger charge is 2.26. The summed E-state index contributed by atoms with van der Waals surface area (Å²) in [4.78, 5) is 2.57. The molecule has 0 aromatic carbocycles. The molecule has 5 heteroatoms. The third-order valence-corrected chi connectivity index (χ3v) is 3.40. The molecule has 92 valence electrons. The normalized spacial score (nSPS) is 29.0. The van der Waals surface area contributed by atoms with Gasteiger partial charge in [-0.1, -0.05) is 0 Å². The first-order valence-corrected chi connectivity index (χ1v) is 5.40. The molecule has 15 heavy (non-hydrogen) atoms. The maximum absolute atomic E-state index is 5.36. The molecule has 2 rings (SSSR count). The van der Waals surface area contributed by atoms with E-state index >= 15 is 0 Å². The van der Waals surface area contributed by atoms with E-state index in [1.54, 1.807) is 0 Å². The molecule has 0 saturated carbocycles. The SMILES string of the molecule is CC(C1CCNC1)N1CCOCC1.Cl.Cl. The average Bonchev–Trinajstić information content (AvgIpc) is 2.71. The highest BCUT2D eigenvalue weighted by molar-refractivity contribution is 5.85. The number of rotatable bonds is 2. The predicted octanol–water partition coefficient (Wildman–Crippen LogP) is 1.16. The van der Waals surface area contributed by atoms with E-state index in [4.69, 9.17) is 4.74 Å². The van der Waals surface area contributed by atoms with Crippen LogP contribution < -0.4 is 5.32 Å². The van der Waals surface area contributed by atoms with E-state index in [1.165, 1.54) is 19.5 Å². The molecule has 1 N–H and O–H groups in total. The van der Waals surface area contributed by atoms with Gasteiger partial charge in [-0.3, -0.25) is 4.90 Å². The molecule has 2 fully saturated rings. The topological polar surface area (TPSA) is 24.5 Å². The van der Waals surface area contributed by atoms with Crippen molar-refractivity contribution in [1.82, 2.24) is 10.2 Å². The lowest BCUT2D eigenvalue weighted by molar-refractivity contribution is 0.00928. The molecule has 0 aromatic rings. The van der Waals surface area contributed by atoms with Crippen LogP contribution in [0.1, 0.15) is 13.3 Å². The third kappa shape index (κ3) is 4.08. The van der Waals surface area contributed by atoms with Crippen LogP contribution in [0.5, 0.6) is 0 Å². The molecule has 2 heterocycles. The Morgan fingerprint density at radius 3 is 2.47 bits per heavy atom. The average molecular weight is 257 g/mol. The van der Waals surface area contributed by atoms with Crippen molar-refractivity contribution in [3.8, 4) is 0 Å². The Morgan fingerprint density at radius 2 is 1.93 bits per heavy atom. The molecule has 0 bridgehead atoms. The van der Waals surface area contributed by atoms with Crippen LogP contribution in [0.4, 0.5) is 0 Å². The molecular weight excluding hydrogens is 235 g/mol. The quantitative estimate of drug-likeness (QED) is 0.803. The first kappa shape index (κ1) is 15.5. The number of halogens is 2. The number of morpholine rings is 1. The van der Waals surface area contributed by atoms with Gasteiger partial charge in [-0.05, 0) is 32.4 Å². The summed E-state index contributed by atoms with van der Waals surface area (Å²) in [5.41, 5.74) is 0. The van der Waals surface area contributed by atoms with Crippen molar-refractivity contribution in [3.05, 3.63) is 0 Å². The lowest BCUT2D eigenvalue weighted by Gasteiger charge is -2.35. The highest BCUT2D eigenvalue weighted by atomic mass is 35.5. The zero-order valence-corrected chi connectivity index (χ0v) is 10.9. The monoisotopic (exact) mass is 256 g/mol. The Labute approximate surface area is 105 Å². The van der Waals surface area contributed by atoms with Gasteiger partial charge in [-0.15, -0.1) is 24.8 Å². The molecule has 0 aliphatic carbocycles. The van der Waals surface area contributed by atoms with Crippen molar-refractivity contribution in [3.63, 3.8) is 0 Å². The van der Waals surface area contributed by atoms with Gasteiger partial charge in [0.1, 0.15) is 0 Å². The fourth-order valence-electron chi connectivity index (χ4n) is 2.37. The van der Waals surface area contributed by atoms with Crippen LogP contribution in [0.3, 0.4) is 0 Å². The smallest absolute Gasteiger partial charge is 0.0594 e. The summed E-state index contributed by atoms with van der Waals surface area (Å²) in [6.45, 7) is 8.87. The molecule has 2 saturated heterocycles. The van der Waals surface area contributed by atoms with Gasteiger partial charge in [-0.2, -0.15) is 0 Å². The fourth-order valence-corrected chi connectivity index (χ4v) is 2.37. The maximum Gasteiger partial charge on any atom is 0.0594 e. The molecule has 0 aromatic heterocycles. The molecule has 3 nitrogen and oxygen atoms in total. The zero-order chi connectivity index (χ0) is 9.10. The molecule has 2 unspecified atom stereocenters. The van der Waals surface area contributed by atoms with Gasteiger partial charge in [0.15, 0.2) is 0 Å². The summed E-state index contributed by atoms with van der Waals surface area (Å²) in [5, 5.41) is 3.43. The molecule has 2 aliphatic rings. The van der Waals surface area contributed by atoms with Gasteiger partial charge in [-0.25, -0.2) is 0 Å². The van der Waals surface area contributed by atoms with Gasteiger partial charge in [0.05, 0.1) is 13.2 Å². The second-order valence-electron chi connectivity index (χ2n) is 4.14. The fraction of sp³-hybridized carbons (Fsp3) is 1.00. The van der Waals surface area contributed by atoms with Crippen LogP contribution in [-0.2, 0) is 4.74 Å². The molecule has 2 aliphatic heterocycles. The maximum atomic E-state index is 5.36. The minimum Gasteiger partial charge on any atom is -0.379 e. The van der Waals surface area contributed by atoms with Gasteiger partial charge in [0.2, 0.25) is 0 Å². The summed E-state index contributed by atoms with van der Waals surface area (Å²) in [5.74, 6) is 0.859. The first-order valence-electron chi connectivity index (χ1n) is 5.40. The van der Waals surface area contributed by atoms with E-state index in [0.29, 0.717) is 0 Å². The molecule has 2 atom stereocenters.